The Balaban J connectivity index is 0.000000188. The van der Waals surface area contributed by atoms with Crippen LogP contribution in [0, 0.1) is 25.7 Å². The van der Waals surface area contributed by atoms with Gasteiger partial charge in [0.25, 0.3) is 0 Å². The molecule has 2 unspecified atom stereocenters. The molecule has 3 aromatic heterocycles. The lowest BCUT2D eigenvalue weighted by Crippen LogP contribution is -2.41. The highest BCUT2D eigenvalue weighted by molar-refractivity contribution is 5.78. The highest BCUT2D eigenvalue weighted by atomic mass is 16.5. The number of ether oxygens (including phenoxy) is 2. The number of carbonyl (C=O) groups excluding carboxylic acids is 1. The normalized spacial score (nSPS) is 18.9. The molecule has 4 aliphatic rings. The molecule has 2 saturated heterocycles. The first-order valence-corrected chi connectivity index (χ1v) is 24.0. The Morgan fingerprint density at radius 3 is 1.58 bits per heavy atom. The summed E-state index contributed by atoms with van der Waals surface area (Å²) in [7, 11) is 3.52. The van der Waals surface area contributed by atoms with Gasteiger partial charge in [-0.2, -0.15) is 0 Å². The number of amides is 1. The zero-order valence-electron chi connectivity index (χ0n) is 40.3. The van der Waals surface area contributed by atoms with E-state index in [-0.39, 0.29) is 17.7 Å². The van der Waals surface area contributed by atoms with E-state index in [1.165, 1.54) is 50.2 Å². The minimum atomic E-state index is -0.952. The third kappa shape index (κ3) is 10.1. The quantitative estimate of drug-likeness (QED) is 0.0911. The first kappa shape index (κ1) is 47.1. The molecule has 2 aliphatic carbocycles. The summed E-state index contributed by atoms with van der Waals surface area (Å²) >= 11 is 0. The molecule has 11 heteroatoms. The minimum Gasteiger partial charge on any atom is -0.496 e. The number of rotatable bonds is 8. The van der Waals surface area contributed by atoms with Crippen LogP contribution >= 0.6 is 0 Å². The number of fused-ring (bicyclic) bond motifs is 4. The third-order valence-corrected chi connectivity index (χ3v) is 14.6. The molecule has 5 aromatic rings. The number of likely N-dealkylation sites (tertiary alicyclic amines) is 1. The predicted molar refractivity (Wildman–Crippen MR) is 255 cm³/mol. The standard InChI is InChI=1S/C31H38N3O4.C24H32N2O2/c1-20-15-23-5-6-24-18-25(31(2,3)36)19-32-30(24)29(28(23)26(16-20)38-4)22-9-11-33(12-10-22)27(35)17-21-7-13-34(37)14-8-21;1-15-11-17-5-6-18-13-19(24(2,3)27)14-26-23(18)22(16-7-9-25-10-8-16)21(17)20(12-15)28-4/h7-8,13-16,18-19,22,29,36-37H,5-6,9-12,17H2,1-4H3;11-14,16,22,25,27H,5-10H2,1-4H3/q+1;. The highest BCUT2D eigenvalue weighted by Crippen LogP contribution is 2.48. The van der Waals surface area contributed by atoms with E-state index in [0.29, 0.717) is 31.3 Å². The minimum absolute atomic E-state index is 0.0697. The summed E-state index contributed by atoms with van der Waals surface area (Å²) in [5.74, 6) is 3.21. The van der Waals surface area contributed by atoms with Gasteiger partial charge in [-0.3, -0.25) is 20.0 Å². The molecule has 2 aliphatic heterocycles. The molecule has 1 amide bonds. The molecule has 2 aromatic carbocycles. The van der Waals surface area contributed by atoms with Gasteiger partial charge in [0.2, 0.25) is 18.3 Å². The molecule has 66 heavy (non-hydrogen) atoms. The van der Waals surface area contributed by atoms with Crippen molar-refractivity contribution in [2.45, 2.75) is 122 Å². The second-order valence-corrected chi connectivity index (χ2v) is 20.3. The first-order chi connectivity index (χ1) is 31.5. The summed E-state index contributed by atoms with van der Waals surface area (Å²) in [6.07, 6.45) is 14.9. The van der Waals surface area contributed by atoms with Crippen molar-refractivity contribution < 1.29 is 34.4 Å². The maximum Gasteiger partial charge on any atom is 0.226 e. The number of nitrogens with one attached hydrogen (secondary N) is 1. The van der Waals surface area contributed by atoms with E-state index in [4.69, 9.17) is 19.4 Å². The molecule has 2 atom stereocenters. The Labute approximate surface area is 391 Å². The van der Waals surface area contributed by atoms with Crippen LogP contribution < -0.4 is 19.5 Å². The number of aromatic nitrogens is 3. The van der Waals surface area contributed by atoms with Crippen molar-refractivity contribution in [3.05, 3.63) is 146 Å². The van der Waals surface area contributed by atoms with Crippen LogP contribution in [0.15, 0.2) is 73.3 Å². The number of hydrogen-bond acceptors (Lipinski definition) is 9. The molecule has 11 nitrogen and oxygen atoms in total. The molecule has 0 spiro atoms. The highest BCUT2D eigenvalue weighted by Gasteiger charge is 2.39. The second kappa shape index (κ2) is 19.5. The molecule has 4 N–H and O–H groups in total. The van der Waals surface area contributed by atoms with E-state index in [0.717, 1.165) is 103 Å². The van der Waals surface area contributed by atoms with Crippen LogP contribution in [0.3, 0.4) is 0 Å². The van der Waals surface area contributed by atoms with Gasteiger partial charge in [0, 0.05) is 76.4 Å². The Kier molecular flexibility index (Phi) is 13.9. The largest absolute Gasteiger partial charge is 0.496 e. The van der Waals surface area contributed by atoms with Crippen LogP contribution in [0.4, 0.5) is 0 Å². The third-order valence-electron chi connectivity index (χ3n) is 14.6. The van der Waals surface area contributed by atoms with Gasteiger partial charge in [-0.1, -0.05) is 12.1 Å². The summed E-state index contributed by atoms with van der Waals surface area (Å²) in [6.45, 7) is 15.0. The van der Waals surface area contributed by atoms with Crippen LogP contribution in [0.1, 0.15) is 138 Å². The predicted octanol–water partition coefficient (Wildman–Crippen LogP) is 7.72. The number of piperidine rings is 2. The van der Waals surface area contributed by atoms with Crippen molar-refractivity contribution in [3.63, 3.8) is 0 Å². The average Bonchev–Trinajstić information content (AvgIpc) is 3.56. The smallest absolute Gasteiger partial charge is 0.226 e. The van der Waals surface area contributed by atoms with Crippen LogP contribution in [-0.4, -0.2) is 76.6 Å². The number of hydrogen-bond donors (Lipinski definition) is 4. The van der Waals surface area contributed by atoms with Crippen molar-refractivity contribution in [3.8, 4) is 11.5 Å². The maximum atomic E-state index is 13.1. The van der Waals surface area contributed by atoms with Gasteiger partial charge >= 0.3 is 0 Å². The lowest BCUT2D eigenvalue weighted by atomic mass is 9.75. The van der Waals surface area contributed by atoms with Gasteiger partial charge in [0.05, 0.1) is 43.2 Å². The monoisotopic (exact) mass is 897 g/mol. The SMILES string of the molecule is COc1cc(C)cc2c1C(C1CCN(C(=O)Cc3cc[n+](O)cc3)CC1)c1ncc(C(C)(C)O)cc1CC2.COc1cc(C)cc2c1C(C1CCNCC1)c1ncc(C(C)(C)O)cc1CC2. The van der Waals surface area contributed by atoms with Crippen molar-refractivity contribution >= 4 is 5.91 Å². The first-order valence-electron chi connectivity index (χ1n) is 24.0. The Bertz CT molecular complexity index is 2530. The number of aliphatic hydroxyl groups is 2. The summed E-state index contributed by atoms with van der Waals surface area (Å²) in [6, 6.07) is 16.8. The number of nitrogens with zero attached hydrogens (tertiary/aromatic N) is 4. The fraction of sp³-hybridized carbons (Fsp3) is 0.491. The number of methoxy groups -OCH3 is 2. The zero-order valence-corrected chi connectivity index (χ0v) is 40.3. The van der Waals surface area contributed by atoms with Gasteiger partial charge in [-0.15, -0.1) is 0 Å². The van der Waals surface area contributed by atoms with Crippen LogP contribution in [0.5, 0.6) is 11.5 Å². The fourth-order valence-electron chi connectivity index (χ4n) is 11.0. The van der Waals surface area contributed by atoms with Gasteiger partial charge < -0.3 is 29.9 Å². The van der Waals surface area contributed by atoms with Crippen molar-refractivity contribution in [1.29, 1.82) is 0 Å². The summed E-state index contributed by atoms with van der Waals surface area (Å²) in [5.41, 5.74) is 13.2. The number of carbonyl (C=O) groups is 1. The van der Waals surface area contributed by atoms with Gasteiger partial charge in [-0.25, -0.2) is 0 Å². The van der Waals surface area contributed by atoms with E-state index in [1.807, 2.05) is 31.1 Å². The summed E-state index contributed by atoms with van der Waals surface area (Å²) in [4.78, 5) is 25.0. The van der Waals surface area contributed by atoms with Gasteiger partial charge in [0.1, 0.15) is 11.5 Å². The fourth-order valence-corrected chi connectivity index (χ4v) is 11.0. The molecule has 0 radical (unpaired) electrons. The maximum absolute atomic E-state index is 13.1. The Morgan fingerprint density at radius 2 is 1.14 bits per heavy atom. The van der Waals surface area contributed by atoms with Crippen LogP contribution in [-0.2, 0) is 48.1 Å². The number of benzene rings is 2. The lowest BCUT2D eigenvalue weighted by Gasteiger charge is -2.37. The van der Waals surface area contributed by atoms with E-state index < -0.39 is 11.2 Å². The molecule has 2 fully saturated rings. The van der Waals surface area contributed by atoms with E-state index >= 15 is 0 Å². The number of pyridine rings is 3. The molecule has 0 bridgehead atoms. The van der Waals surface area contributed by atoms with Gasteiger partial charge in [0.15, 0.2) is 0 Å². The molecular formula is C55H70N5O6+. The van der Waals surface area contributed by atoms with Gasteiger partial charge in [-0.05, 0) is 181 Å². The van der Waals surface area contributed by atoms with Crippen molar-refractivity contribution in [2.24, 2.45) is 11.8 Å². The molecule has 9 rings (SSSR count). The van der Waals surface area contributed by atoms with Crippen LogP contribution in [0.25, 0.3) is 0 Å². The second-order valence-electron chi connectivity index (χ2n) is 20.3. The van der Waals surface area contributed by atoms with E-state index in [1.54, 1.807) is 52.6 Å². The summed E-state index contributed by atoms with van der Waals surface area (Å²) < 4.78 is 12.8. The molecule has 0 saturated carbocycles. The molecular weight excluding hydrogens is 827 g/mol. The Morgan fingerprint density at radius 1 is 0.697 bits per heavy atom. The number of aryl methyl sites for hydroxylation is 6. The average molecular weight is 897 g/mol. The summed E-state index contributed by atoms with van der Waals surface area (Å²) in [5, 5.41) is 34.1. The Hall–Kier alpha value is -5.36. The topological polar surface area (TPSA) is 141 Å². The zero-order chi connectivity index (χ0) is 46.9. The molecule has 5 heterocycles. The van der Waals surface area contributed by atoms with Crippen LogP contribution in [0.2, 0.25) is 0 Å². The van der Waals surface area contributed by atoms with E-state index in [2.05, 4.69) is 55.6 Å². The van der Waals surface area contributed by atoms with E-state index in [9.17, 15) is 20.2 Å². The molecule has 350 valence electrons. The lowest BCUT2D eigenvalue weighted by molar-refractivity contribution is -0.904. The van der Waals surface area contributed by atoms with Crippen molar-refractivity contribution in [1.82, 2.24) is 20.2 Å². The van der Waals surface area contributed by atoms with Crippen molar-refractivity contribution in [2.75, 3.05) is 40.4 Å².